The fraction of sp³-hybridized carbons (Fsp3) is 0.462. The van der Waals surface area contributed by atoms with Gasteiger partial charge in [-0.2, -0.15) is 4.98 Å². The maximum absolute atomic E-state index is 11.9. The average Bonchev–Trinajstić information content (AvgIpc) is 3.14. The first kappa shape index (κ1) is 12.3. The Morgan fingerprint density at radius 2 is 2.32 bits per heavy atom. The van der Waals surface area contributed by atoms with Crippen molar-refractivity contribution >= 4 is 17.2 Å². The maximum Gasteiger partial charge on any atom is 0.246 e. The summed E-state index contributed by atoms with van der Waals surface area (Å²) in [6.45, 7) is 0.313. The van der Waals surface area contributed by atoms with Crippen LogP contribution in [0, 0.1) is 5.92 Å². The van der Waals surface area contributed by atoms with Gasteiger partial charge in [-0.3, -0.25) is 4.79 Å². The van der Waals surface area contributed by atoms with Crippen LogP contribution < -0.4 is 5.32 Å². The second kappa shape index (κ2) is 5.52. The summed E-state index contributed by atoms with van der Waals surface area (Å²) in [5, 5.41) is 8.74. The van der Waals surface area contributed by atoms with Crippen LogP contribution in [-0.2, 0) is 11.3 Å². The fourth-order valence-electron chi connectivity index (χ4n) is 2.33. The van der Waals surface area contributed by atoms with Crippen LogP contribution in [0.4, 0.5) is 0 Å². The zero-order valence-electron chi connectivity index (χ0n) is 10.5. The van der Waals surface area contributed by atoms with Gasteiger partial charge in [0.25, 0.3) is 0 Å². The fourth-order valence-corrected chi connectivity index (χ4v) is 2.98. The number of nitrogens with zero attached hydrogens (tertiary/aromatic N) is 2. The zero-order chi connectivity index (χ0) is 13.1. The van der Waals surface area contributed by atoms with Crippen LogP contribution in [0.5, 0.6) is 0 Å². The number of hydrogen-bond donors (Lipinski definition) is 1. The molecule has 1 aliphatic rings. The van der Waals surface area contributed by atoms with Gasteiger partial charge in [-0.05, 0) is 24.3 Å². The third-order valence-electron chi connectivity index (χ3n) is 3.35. The van der Waals surface area contributed by atoms with Gasteiger partial charge in [-0.25, -0.2) is 0 Å². The first-order valence-electron chi connectivity index (χ1n) is 6.47. The van der Waals surface area contributed by atoms with Crippen molar-refractivity contribution in [3.63, 3.8) is 0 Å². The van der Waals surface area contributed by atoms with Crippen LogP contribution in [-0.4, -0.2) is 16.0 Å². The molecule has 0 aliphatic heterocycles. The molecule has 0 saturated heterocycles. The quantitative estimate of drug-likeness (QED) is 0.932. The molecule has 0 unspecified atom stereocenters. The Morgan fingerprint density at radius 1 is 1.47 bits per heavy atom. The van der Waals surface area contributed by atoms with Crippen molar-refractivity contribution in [2.75, 3.05) is 0 Å². The number of thiophene rings is 1. The molecule has 19 heavy (non-hydrogen) atoms. The largest absolute Gasteiger partial charge is 0.347 e. The minimum absolute atomic E-state index is 0.105. The molecule has 0 radical (unpaired) electrons. The Morgan fingerprint density at radius 3 is 3.05 bits per heavy atom. The molecule has 0 spiro atoms. The van der Waals surface area contributed by atoms with Crippen LogP contribution in [0.25, 0.3) is 10.7 Å². The van der Waals surface area contributed by atoms with E-state index in [1.54, 1.807) is 11.3 Å². The Bertz CT molecular complexity index is 544. The molecule has 0 atom stereocenters. The van der Waals surface area contributed by atoms with Gasteiger partial charge in [-0.1, -0.05) is 24.1 Å². The van der Waals surface area contributed by atoms with Crippen LogP contribution in [0.1, 0.15) is 31.6 Å². The molecule has 3 rings (SSSR count). The van der Waals surface area contributed by atoms with Gasteiger partial charge in [0.05, 0.1) is 11.4 Å². The van der Waals surface area contributed by atoms with E-state index in [2.05, 4.69) is 15.5 Å². The van der Waals surface area contributed by atoms with Gasteiger partial charge in [-0.15, -0.1) is 11.3 Å². The van der Waals surface area contributed by atoms with Gasteiger partial charge >= 0.3 is 0 Å². The van der Waals surface area contributed by atoms with Crippen molar-refractivity contribution < 1.29 is 9.32 Å². The van der Waals surface area contributed by atoms with E-state index in [0.29, 0.717) is 18.3 Å². The Balaban J connectivity index is 1.57. The normalized spacial score (nSPS) is 15.8. The van der Waals surface area contributed by atoms with E-state index >= 15 is 0 Å². The standard InChI is InChI=1S/C13H15N3O2S/c17-13(9-4-1-2-5-9)14-8-11-15-12(16-18-11)10-6-3-7-19-10/h3,6-7,9H,1-2,4-5,8H2,(H,14,17). The number of carbonyl (C=O) groups is 1. The molecule has 0 aromatic carbocycles. The lowest BCUT2D eigenvalue weighted by Crippen LogP contribution is -2.28. The van der Waals surface area contributed by atoms with Crippen molar-refractivity contribution in [2.24, 2.45) is 5.92 Å². The number of hydrogen-bond acceptors (Lipinski definition) is 5. The molecule has 100 valence electrons. The van der Waals surface area contributed by atoms with E-state index in [9.17, 15) is 4.79 Å². The highest BCUT2D eigenvalue weighted by atomic mass is 32.1. The molecule has 6 heteroatoms. The summed E-state index contributed by atoms with van der Waals surface area (Å²) in [6, 6.07) is 3.88. The van der Waals surface area contributed by atoms with E-state index in [0.717, 1.165) is 30.6 Å². The molecule has 1 N–H and O–H groups in total. The number of amides is 1. The van der Waals surface area contributed by atoms with Gasteiger partial charge in [0.2, 0.25) is 17.6 Å². The first-order chi connectivity index (χ1) is 9.33. The SMILES string of the molecule is O=C(NCc1nc(-c2cccs2)no1)C1CCCC1. The Kier molecular flexibility index (Phi) is 3.59. The molecule has 1 aliphatic carbocycles. The Labute approximate surface area is 115 Å². The summed E-state index contributed by atoms with van der Waals surface area (Å²) >= 11 is 1.56. The van der Waals surface area contributed by atoms with Crippen LogP contribution >= 0.6 is 11.3 Å². The molecule has 0 bridgehead atoms. The molecule has 1 amide bonds. The van der Waals surface area contributed by atoms with E-state index in [1.165, 1.54) is 0 Å². The molecule has 1 saturated carbocycles. The van der Waals surface area contributed by atoms with E-state index < -0.39 is 0 Å². The molecule has 2 heterocycles. The molecular formula is C13H15N3O2S. The van der Waals surface area contributed by atoms with E-state index in [4.69, 9.17) is 4.52 Å². The van der Waals surface area contributed by atoms with Gasteiger partial charge < -0.3 is 9.84 Å². The van der Waals surface area contributed by atoms with Gasteiger partial charge in [0.1, 0.15) is 0 Å². The highest BCUT2D eigenvalue weighted by Gasteiger charge is 2.22. The van der Waals surface area contributed by atoms with Crippen LogP contribution in [0.2, 0.25) is 0 Å². The molecule has 2 aromatic rings. The van der Waals surface area contributed by atoms with Crippen molar-refractivity contribution in [1.82, 2.24) is 15.5 Å². The van der Waals surface area contributed by atoms with Crippen molar-refractivity contribution in [1.29, 1.82) is 0 Å². The third kappa shape index (κ3) is 2.84. The lowest BCUT2D eigenvalue weighted by Gasteiger charge is -2.07. The number of aromatic nitrogens is 2. The van der Waals surface area contributed by atoms with Crippen molar-refractivity contribution in [3.8, 4) is 10.7 Å². The monoisotopic (exact) mass is 277 g/mol. The van der Waals surface area contributed by atoms with E-state index in [1.807, 2.05) is 17.5 Å². The highest BCUT2D eigenvalue weighted by Crippen LogP contribution is 2.25. The van der Waals surface area contributed by atoms with Crippen LogP contribution in [0.3, 0.4) is 0 Å². The Hall–Kier alpha value is -1.69. The van der Waals surface area contributed by atoms with Crippen molar-refractivity contribution in [3.05, 3.63) is 23.4 Å². The topological polar surface area (TPSA) is 68.0 Å². The summed E-state index contributed by atoms with van der Waals surface area (Å²) in [5.74, 6) is 1.31. The molecule has 1 fully saturated rings. The summed E-state index contributed by atoms with van der Waals surface area (Å²) in [5.41, 5.74) is 0. The van der Waals surface area contributed by atoms with Gasteiger partial charge in [0, 0.05) is 5.92 Å². The number of rotatable bonds is 4. The van der Waals surface area contributed by atoms with E-state index in [-0.39, 0.29) is 11.8 Å². The molecular weight excluding hydrogens is 262 g/mol. The number of carbonyl (C=O) groups excluding carboxylic acids is 1. The lowest BCUT2D eigenvalue weighted by atomic mass is 10.1. The summed E-state index contributed by atoms with van der Waals surface area (Å²) in [6.07, 6.45) is 4.30. The smallest absolute Gasteiger partial charge is 0.246 e. The average molecular weight is 277 g/mol. The van der Waals surface area contributed by atoms with Crippen LogP contribution in [0.15, 0.2) is 22.0 Å². The number of nitrogens with one attached hydrogen (secondary N) is 1. The predicted molar refractivity (Wildman–Crippen MR) is 71.4 cm³/mol. The molecule has 2 aromatic heterocycles. The minimum atomic E-state index is 0.105. The second-order valence-corrected chi connectivity index (χ2v) is 5.64. The van der Waals surface area contributed by atoms with Gasteiger partial charge in [0.15, 0.2) is 0 Å². The summed E-state index contributed by atoms with van der Waals surface area (Å²) in [4.78, 5) is 17.1. The first-order valence-corrected chi connectivity index (χ1v) is 7.35. The third-order valence-corrected chi connectivity index (χ3v) is 4.22. The maximum atomic E-state index is 11.9. The minimum Gasteiger partial charge on any atom is -0.347 e. The highest BCUT2D eigenvalue weighted by molar-refractivity contribution is 7.13. The summed E-state index contributed by atoms with van der Waals surface area (Å²) in [7, 11) is 0. The summed E-state index contributed by atoms with van der Waals surface area (Å²) < 4.78 is 5.13. The lowest BCUT2D eigenvalue weighted by molar-refractivity contribution is -0.125. The molecule has 5 nitrogen and oxygen atoms in total. The second-order valence-electron chi connectivity index (χ2n) is 4.69. The zero-order valence-corrected chi connectivity index (χ0v) is 11.3. The predicted octanol–water partition coefficient (Wildman–Crippen LogP) is 2.60. The van der Waals surface area contributed by atoms with Crippen molar-refractivity contribution in [2.45, 2.75) is 32.2 Å².